The second-order valence-corrected chi connectivity index (χ2v) is 15.5. The molecule has 4 rings (SSSR count). The number of aryl methyl sites for hydroxylation is 1. The number of aliphatic carboxylic acids is 1. The van der Waals surface area contributed by atoms with E-state index in [-0.39, 0.29) is 58.9 Å². The van der Waals surface area contributed by atoms with Crippen molar-refractivity contribution >= 4 is 39.5 Å². The molecule has 1 fully saturated rings. The van der Waals surface area contributed by atoms with Gasteiger partial charge in [0.25, 0.3) is 5.91 Å². The van der Waals surface area contributed by atoms with Gasteiger partial charge in [0, 0.05) is 24.3 Å². The number of benzene rings is 1. The van der Waals surface area contributed by atoms with Gasteiger partial charge in [-0.15, -0.1) is 0 Å². The number of aliphatic imine (C=N–C) groups is 1. The summed E-state index contributed by atoms with van der Waals surface area (Å²) in [6.07, 6.45) is 9.91. The number of amides is 1. The predicted molar refractivity (Wildman–Crippen MR) is 201 cm³/mol. The molecule has 0 aromatic heterocycles. The smallest absolute Gasteiger partial charge is 0.366 e. The predicted octanol–water partition coefficient (Wildman–Crippen LogP) is 5.48. The number of nitrogens with zero attached hydrogens (tertiary/aromatic N) is 3. The number of ether oxygens (including phenoxy) is 2. The van der Waals surface area contributed by atoms with E-state index in [0.717, 1.165) is 49.7 Å². The first-order valence-electron chi connectivity index (χ1n) is 17.8. The number of nitrogens with two attached hydrogens (primary N) is 1. The van der Waals surface area contributed by atoms with Gasteiger partial charge in [-0.3, -0.25) is 14.1 Å². The number of β-lactam (4-membered cyclic amide) rings is 1. The lowest BCUT2D eigenvalue weighted by Gasteiger charge is -2.38. The van der Waals surface area contributed by atoms with Crippen molar-refractivity contribution < 1.29 is 51.9 Å². The summed E-state index contributed by atoms with van der Waals surface area (Å²) in [7, 11) is -5.05. The highest BCUT2D eigenvalue weighted by molar-refractivity contribution is 7.84. The van der Waals surface area contributed by atoms with Crippen molar-refractivity contribution in [2.45, 2.75) is 97.5 Å². The molecule has 2 heterocycles. The Morgan fingerprint density at radius 2 is 1.96 bits per heavy atom. The maximum atomic E-state index is 13.5. The summed E-state index contributed by atoms with van der Waals surface area (Å²) in [5, 5.41) is 24.5. The summed E-state index contributed by atoms with van der Waals surface area (Å²) in [4.78, 5) is 47.2. The summed E-state index contributed by atoms with van der Waals surface area (Å²) in [6.45, 7) is 12.1. The molecular formula is C38H50N4O11S. The Morgan fingerprint density at radius 3 is 2.57 bits per heavy atom. The number of carboxylic acids is 1. The Hall–Kier alpha value is -4.80. The number of carboxylic acid groups (broad SMARTS) is 1. The maximum Gasteiger partial charge on any atom is 0.366 e. The van der Waals surface area contributed by atoms with Gasteiger partial charge >= 0.3 is 16.3 Å². The number of rotatable bonds is 19. The first-order valence-corrected chi connectivity index (χ1v) is 19.2. The number of carbonyl (C=O) groups excluding carboxylic acids is 2. The lowest BCUT2D eigenvalue weighted by molar-refractivity contribution is -0.161. The van der Waals surface area contributed by atoms with Crippen LogP contribution in [0.2, 0.25) is 0 Å². The minimum Gasteiger partial charge on any atom is -0.507 e. The van der Waals surface area contributed by atoms with Gasteiger partial charge < -0.3 is 30.3 Å². The number of oxime groups is 1. The fourth-order valence-corrected chi connectivity index (χ4v) is 7.32. The van der Waals surface area contributed by atoms with Crippen LogP contribution in [-0.2, 0) is 40.7 Å². The normalized spacial score (nSPS) is 21.3. The molecule has 294 valence electrons. The Labute approximate surface area is 315 Å². The summed E-state index contributed by atoms with van der Waals surface area (Å²) >= 11 is 0. The first kappa shape index (κ1) is 41.9. The quantitative estimate of drug-likeness (QED) is 0.0261. The van der Waals surface area contributed by atoms with Crippen LogP contribution in [0.3, 0.4) is 0 Å². The Bertz CT molecular complexity index is 1930. The molecule has 0 spiro atoms. The van der Waals surface area contributed by atoms with Crippen LogP contribution in [0, 0.1) is 11.8 Å². The molecule has 5 N–H and O–H groups in total. The molecule has 3 aliphatic rings. The number of hydrogen-bond donors (Lipinski definition) is 4. The van der Waals surface area contributed by atoms with E-state index in [4.69, 9.17) is 20.0 Å². The number of hydrogen-bond acceptors (Lipinski definition) is 12. The van der Waals surface area contributed by atoms with E-state index in [9.17, 15) is 37.6 Å². The van der Waals surface area contributed by atoms with E-state index >= 15 is 0 Å². The zero-order valence-corrected chi connectivity index (χ0v) is 32.1. The molecule has 16 heteroatoms. The van der Waals surface area contributed by atoms with Gasteiger partial charge in [0.15, 0.2) is 18.3 Å². The van der Waals surface area contributed by atoms with E-state index in [1.165, 1.54) is 31.6 Å². The molecule has 1 aromatic rings. The molecule has 0 bridgehead atoms. The summed E-state index contributed by atoms with van der Waals surface area (Å²) in [5.41, 5.74) is 6.97. The van der Waals surface area contributed by atoms with Crippen LogP contribution in [-0.4, -0.2) is 75.7 Å². The van der Waals surface area contributed by atoms with Crippen LogP contribution >= 0.6 is 0 Å². The lowest BCUT2D eigenvalue weighted by Crippen LogP contribution is -2.53. The number of phenolic OH excluding ortho intramolecular Hbond substituents is 1. The van der Waals surface area contributed by atoms with Gasteiger partial charge in [0.1, 0.15) is 17.3 Å². The molecule has 54 heavy (non-hydrogen) atoms. The number of allylic oxidation sites excluding steroid dienone is 4. The molecule has 1 saturated heterocycles. The summed E-state index contributed by atoms with van der Waals surface area (Å²) < 4.78 is 46.0. The van der Waals surface area contributed by atoms with Crippen LogP contribution in [0.4, 0.5) is 0 Å². The number of Topliss-reactive ketones (excluding diaryl/α,β-unsaturated/α-hetero) is 1. The molecule has 3 atom stereocenters. The summed E-state index contributed by atoms with van der Waals surface area (Å²) in [5.74, 6) is -4.01. The van der Waals surface area contributed by atoms with E-state index < -0.39 is 51.6 Å². The van der Waals surface area contributed by atoms with Gasteiger partial charge in [-0.2, -0.15) is 12.7 Å². The van der Waals surface area contributed by atoms with Gasteiger partial charge in [-0.1, -0.05) is 48.7 Å². The van der Waals surface area contributed by atoms with E-state index in [2.05, 4.69) is 29.7 Å². The topological polar surface area (TPSA) is 228 Å². The van der Waals surface area contributed by atoms with Crippen molar-refractivity contribution in [2.24, 2.45) is 27.7 Å². The average Bonchev–Trinajstić information content (AvgIpc) is 3.51. The largest absolute Gasteiger partial charge is 0.507 e. The highest BCUT2D eigenvalue weighted by Gasteiger charge is 2.50. The monoisotopic (exact) mass is 770 g/mol. The zero-order valence-electron chi connectivity index (χ0n) is 31.3. The molecule has 0 radical (unpaired) electrons. The fourth-order valence-electron chi connectivity index (χ4n) is 6.50. The average molecular weight is 771 g/mol. The number of phenols is 1. The van der Waals surface area contributed by atoms with E-state index in [1.54, 1.807) is 6.07 Å². The van der Waals surface area contributed by atoms with Gasteiger partial charge in [0.05, 0.1) is 23.9 Å². The van der Waals surface area contributed by atoms with Gasteiger partial charge in [0.2, 0.25) is 5.60 Å². The number of amidine groups is 1. The Balaban J connectivity index is 1.55. The van der Waals surface area contributed by atoms with Crippen molar-refractivity contribution in [3.8, 4) is 11.5 Å². The van der Waals surface area contributed by atoms with Crippen molar-refractivity contribution in [1.82, 2.24) is 4.31 Å². The SMILES string of the molecule is C=C(C)[C@@H]1CCC(C)=C[C@H]1c1c(O)cc(CCCCC)cc1OCOC/C=C1\[C@H](CC(=O)/C(=N\OC(C)(C)C(=O)O)C2=CCC(N)=N2)C(=O)N1S(=O)(=O)O. The van der Waals surface area contributed by atoms with Crippen LogP contribution in [0.1, 0.15) is 96.6 Å². The minimum atomic E-state index is -5.05. The molecule has 1 aliphatic carbocycles. The molecule has 0 unspecified atom stereocenters. The molecule has 0 saturated carbocycles. The zero-order chi connectivity index (χ0) is 40.0. The van der Waals surface area contributed by atoms with E-state index in [0.29, 0.717) is 11.3 Å². The second kappa shape index (κ2) is 17.6. The first-order chi connectivity index (χ1) is 25.3. The Kier molecular flexibility index (Phi) is 13.6. The third-order valence-corrected chi connectivity index (χ3v) is 10.4. The third-order valence-electron chi connectivity index (χ3n) is 9.54. The minimum absolute atomic E-state index is 0.00334. The number of aromatic hydroxyl groups is 1. The highest BCUT2D eigenvalue weighted by atomic mass is 32.2. The van der Waals surface area contributed by atoms with Crippen LogP contribution in [0.5, 0.6) is 11.5 Å². The van der Waals surface area contributed by atoms with Crippen molar-refractivity contribution in [1.29, 1.82) is 0 Å². The van der Waals surface area contributed by atoms with Gasteiger partial charge in [-0.25, -0.2) is 9.79 Å². The standard InChI is InChI=1S/C38H50N4O11S/c1-7-8-9-10-24-18-30(43)34(26-17-23(4)11-12-25(26)22(2)3)32(19-24)52-21-51-16-15-29-27(36(45)42(29)54(48,49)50)20-31(44)35(28-13-14-33(39)40-28)41-53-38(5,6)37(46)47/h13,15,17-19,25-27,43H,2,7-12,14,16,20-21H2,1,3-6H3,(H2,39,40)(H,46,47)(H,48,49,50)/b29-15+,41-35-/t25-,26+,27-/m0/s1. The van der Waals surface area contributed by atoms with Crippen LogP contribution in [0.15, 0.2) is 69.6 Å². The number of unbranched alkanes of at least 4 members (excludes halogenated alkanes) is 2. The fraction of sp³-hybridized carbons (Fsp3) is 0.500. The number of ketones is 1. The molecule has 1 aromatic carbocycles. The maximum absolute atomic E-state index is 13.5. The highest BCUT2D eigenvalue weighted by Crippen LogP contribution is 2.47. The molecule has 1 amide bonds. The van der Waals surface area contributed by atoms with Crippen molar-refractivity contribution in [3.63, 3.8) is 0 Å². The van der Waals surface area contributed by atoms with E-state index in [1.807, 2.05) is 19.9 Å². The van der Waals surface area contributed by atoms with Crippen molar-refractivity contribution in [2.75, 3.05) is 13.4 Å². The van der Waals surface area contributed by atoms with Crippen molar-refractivity contribution in [3.05, 3.63) is 70.6 Å². The third kappa shape index (κ3) is 10.0. The second-order valence-electron chi connectivity index (χ2n) is 14.3. The molecule has 15 nitrogen and oxygen atoms in total. The number of carbonyl (C=O) groups is 3. The van der Waals surface area contributed by atoms with Gasteiger partial charge in [-0.05, 0) is 89.1 Å². The Morgan fingerprint density at radius 1 is 1.24 bits per heavy atom. The summed E-state index contributed by atoms with van der Waals surface area (Å²) in [6, 6.07) is 3.67. The molecular weight excluding hydrogens is 721 g/mol. The lowest BCUT2D eigenvalue weighted by atomic mass is 9.73. The van der Waals surface area contributed by atoms with Crippen LogP contribution in [0.25, 0.3) is 0 Å². The van der Waals surface area contributed by atoms with Crippen LogP contribution < -0.4 is 10.5 Å². The molecule has 2 aliphatic heterocycles.